The second-order valence-electron chi connectivity index (χ2n) is 4.92. The van der Waals surface area contributed by atoms with Gasteiger partial charge in [-0.25, -0.2) is 0 Å². The molecule has 6 heteroatoms. The third-order valence-corrected chi connectivity index (χ3v) is 3.18. The first-order valence-electron chi connectivity index (χ1n) is 5.63. The van der Waals surface area contributed by atoms with Crippen LogP contribution in [0.5, 0.6) is 0 Å². The number of nitro groups is 1. The zero-order valence-electron chi connectivity index (χ0n) is 9.90. The van der Waals surface area contributed by atoms with Gasteiger partial charge in [-0.1, -0.05) is 6.92 Å². The van der Waals surface area contributed by atoms with E-state index in [1.165, 1.54) is 6.07 Å². The normalized spacial score (nSPS) is 16.1. The molecule has 0 heterocycles. The Morgan fingerprint density at radius 2 is 2.22 bits per heavy atom. The molecular formula is C12H13FN2O3. The number of amides is 1. The largest absolute Gasteiger partial charge is 0.351 e. The lowest BCUT2D eigenvalue weighted by Gasteiger charge is -2.09. The van der Waals surface area contributed by atoms with Crippen molar-refractivity contribution < 1.29 is 14.1 Å². The van der Waals surface area contributed by atoms with Crippen molar-refractivity contribution in [1.29, 1.82) is 0 Å². The SMILES string of the molecule is CC1(CNC(=O)c2ccc(F)c([N+](=O)[O-])c2)CC1. The number of carbonyl (C=O) groups is 1. The minimum Gasteiger partial charge on any atom is -0.351 e. The predicted molar refractivity (Wildman–Crippen MR) is 62.7 cm³/mol. The van der Waals surface area contributed by atoms with Crippen LogP contribution in [0.1, 0.15) is 30.1 Å². The predicted octanol–water partition coefficient (Wildman–Crippen LogP) is 2.26. The van der Waals surface area contributed by atoms with Gasteiger partial charge in [-0.05, 0) is 30.4 Å². The lowest BCUT2D eigenvalue weighted by Crippen LogP contribution is -2.29. The van der Waals surface area contributed by atoms with Gasteiger partial charge in [0.05, 0.1) is 4.92 Å². The molecule has 1 fully saturated rings. The molecule has 0 aromatic heterocycles. The zero-order chi connectivity index (χ0) is 13.3. The second-order valence-corrected chi connectivity index (χ2v) is 4.92. The standard InChI is InChI=1S/C12H13FN2O3/c1-12(4-5-12)7-14-11(16)8-2-3-9(13)10(6-8)15(17)18/h2-3,6H,4-5,7H2,1H3,(H,14,16). The van der Waals surface area contributed by atoms with Crippen LogP contribution in [0.15, 0.2) is 18.2 Å². The van der Waals surface area contributed by atoms with Crippen LogP contribution in [0.2, 0.25) is 0 Å². The molecule has 1 saturated carbocycles. The molecule has 5 nitrogen and oxygen atoms in total. The second kappa shape index (κ2) is 4.36. The average molecular weight is 252 g/mol. The molecular weight excluding hydrogens is 239 g/mol. The highest BCUT2D eigenvalue weighted by Crippen LogP contribution is 2.44. The van der Waals surface area contributed by atoms with Crippen molar-refractivity contribution in [3.05, 3.63) is 39.7 Å². The summed E-state index contributed by atoms with van der Waals surface area (Å²) in [7, 11) is 0. The van der Waals surface area contributed by atoms with E-state index in [1.54, 1.807) is 0 Å². The Morgan fingerprint density at radius 1 is 1.56 bits per heavy atom. The number of rotatable bonds is 4. The minimum atomic E-state index is -0.939. The van der Waals surface area contributed by atoms with Gasteiger partial charge in [0.2, 0.25) is 5.82 Å². The van der Waals surface area contributed by atoms with Gasteiger partial charge in [0.25, 0.3) is 5.91 Å². The first-order valence-corrected chi connectivity index (χ1v) is 5.63. The Hall–Kier alpha value is -1.98. The minimum absolute atomic E-state index is 0.104. The van der Waals surface area contributed by atoms with Crippen LogP contribution in [0.4, 0.5) is 10.1 Å². The highest BCUT2D eigenvalue weighted by atomic mass is 19.1. The van der Waals surface area contributed by atoms with Crippen LogP contribution < -0.4 is 5.32 Å². The van der Waals surface area contributed by atoms with Gasteiger partial charge < -0.3 is 5.32 Å². The highest BCUT2D eigenvalue weighted by molar-refractivity contribution is 5.94. The number of hydrogen-bond acceptors (Lipinski definition) is 3. The number of carbonyl (C=O) groups excluding carboxylic acids is 1. The zero-order valence-corrected chi connectivity index (χ0v) is 9.90. The molecule has 0 bridgehead atoms. The summed E-state index contributed by atoms with van der Waals surface area (Å²) in [5.41, 5.74) is -0.422. The molecule has 0 saturated heterocycles. The fraction of sp³-hybridized carbons (Fsp3) is 0.417. The number of hydrogen-bond donors (Lipinski definition) is 1. The van der Waals surface area contributed by atoms with E-state index in [0.717, 1.165) is 25.0 Å². The van der Waals surface area contributed by atoms with Gasteiger partial charge in [-0.15, -0.1) is 0 Å². The smallest absolute Gasteiger partial charge is 0.305 e. The maximum atomic E-state index is 13.1. The molecule has 0 atom stereocenters. The number of nitro benzene ring substituents is 1. The summed E-state index contributed by atoms with van der Waals surface area (Å²) >= 11 is 0. The van der Waals surface area contributed by atoms with Gasteiger partial charge in [-0.3, -0.25) is 14.9 Å². The molecule has 1 aliphatic carbocycles. The van der Waals surface area contributed by atoms with E-state index in [-0.39, 0.29) is 11.0 Å². The molecule has 1 aromatic carbocycles. The third-order valence-electron chi connectivity index (χ3n) is 3.18. The number of benzene rings is 1. The van der Waals surface area contributed by atoms with Gasteiger partial charge in [0.15, 0.2) is 0 Å². The molecule has 0 aliphatic heterocycles. The fourth-order valence-electron chi connectivity index (χ4n) is 1.58. The fourth-order valence-corrected chi connectivity index (χ4v) is 1.58. The molecule has 0 spiro atoms. The molecule has 96 valence electrons. The monoisotopic (exact) mass is 252 g/mol. The molecule has 0 unspecified atom stereocenters. The maximum Gasteiger partial charge on any atom is 0.305 e. The summed E-state index contributed by atoms with van der Waals surface area (Å²) in [4.78, 5) is 21.5. The lowest BCUT2D eigenvalue weighted by atomic mass is 10.1. The van der Waals surface area contributed by atoms with Crippen LogP contribution in [0.25, 0.3) is 0 Å². The summed E-state index contributed by atoms with van der Waals surface area (Å²) < 4.78 is 13.1. The molecule has 0 radical (unpaired) electrons. The van der Waals surface area contributed by atoms with E-state index in [0.29, 0.717) is 6.54 Å². The lowest BCUT2D eigenvalue weighted by molar-refractivity contribution is -0.387. The van der Waals surface area contributed by atoms with Crippen LogP contribution >= 0.6 is 0 Å². The molecule has 1 aromatic rings. The summed E-state index contributed by atoms with van der Waals surface area (Å²) in [6, 6.07) is 3.14. The van der Waals surface area contributed by atoms with Crippen molar-refractivity contribution >= 4 is 11.6 Å². The van der Waals surface area contributed by atoms with E-state index in [1.807, 2.05) is 0 Å². The van der Waals surface area contributed by atoms with Crippen molar-refractivity contribution in [1.82, 2.24) is 5.32 Å². The Morgan fingerprint density at radius 3 is 2.78 bits per heavy atom. The van der Waals surface area contributed by atoms with Crippen LogP contribution in [-0.2, 0) is 0 Å². The number of halogens is 1. The van der Waals surface area contributed by atoms with Crippen molar-refractivity contribution in [2.45, 2.75) is 19.8 Å². The summed E-state index contributed by atoms with van der Waals surface area (Å²) in [6.07, 6.45) is 2.13. The molecule has 18 heavy (non-hydrogen) atoms. The quantitative estimate of drug-likeness (QED) is 0.660. The van der Waals surface area contributed by atoms with Crippen molar-refractivity contribution in [3.63, 3.8) is 0 Å². The number of nitrogens with one attached hydrogen (secondary N) is 1. The van der Waals surface area contributed by atoms with Crippen molar-refractivity contribution in [2.24, 2.45) is 5.41 Å². The summed E-state index contributed by atoms with van der Waals surface area (Å²) in [6.45, 7) is 2.59. The molecule has 1 aliphatic rings. The van der Waals surface area contributed by atoms with Crippen molar-refractivity contribution in [2.75, 3.05) is 6.54 Å². The summed E-state index contributed by atoms with van der Waals surface area (Å²) in [5.74, 6) is -1.35. The topological polar surface area (TPSA) is 72.2 Å². The first-order chi connectivity index (χ1) is 8.41. The molecule has 1 N–H and O–H groups in total. The van der Waals surface area contributed by atoms with Crippen LogP contribution in [-0.4, -0.2) is 17.4 Å². The van der Waals surface area contributed by atoms with Crippen LogP contribution in [0, 0.1) is 21.3 Å². The van der Waals surface area contributed by atoms with Gasteiger partial charge >= 0.3 is 5.69 Å². The first kappa shape index (κ1) is 12.5. The van der Waals surface area contributed by atoms with Crippen molar-refractivity contribution in [3.8, 4) is 0 Å². The van der Waals surface area contributed by atoms with Gasteiger partial charge in [-0.2, -0.15) is 4.39 Å². The summed E-state index contributed by atoms with van der Waals surface area (Å²) in [5, 5.41) is 13.3. The van der Waals surface area contributed by atoms with Gasteiger partial charge in [0, 0.05) is 18.2 Å². The average Bonchev–Trinajstić information content (AvgIpc) is 3.05. The van der Waals surface area contributed by atoms with E-state index < -0.39 is 22.3 Å². The highest BCUT2D eigenvalue weighted by Gasteiger charge is 2.37. The molecule has 2 rings (SSSR count). The third kappa shape index (κ3) is 2.64. The van der Waals surface area contributed by atoms with E-state index >= 15 is 0 Å². The Bertz CT molecular complexity index is 512. The van der Waals surface area contributed by atoms with Crippen LogP contribution in [0.3, 0.4) is 0 Å². The Labute approximate surface area is 103 Å². The van der Waals surface area contributed by atoms with E-state index in [9.17, 15) is 19.3 Å². The number of nitrogens with zero attached hydrogens (tertiary/aromatic N) is 1. The van der Waals surface area contributed by atoms with Gasteiger partial charge in [0.1, 0.15) is 0 Å². The Kier molecular flexibility index (Phi) is 3.02. The molecule has 1 amide bonds. The van der Waals surface area contributed by atoms with E-state index in [4.69, 9.17) is 0 Å². The van der Waals surface area contributed by atoms with E-state index in [2.05, 4.69) is 12.2 Å². The Balaban J connectivity index is 2.10. The maximum absolute atomic E-state index is 13.1.